The molecule has 140 valence electrons. The van der Waals surface area contributed by atoms with E-state index in [9.17, 15) is 8.78 Å². The van der Waals surface area contributed by atoms with Gasteiger partial charge in [0.15, 0.2) is 18.0 Å². The molecule has 0 bridgehead atoms. The van der Waals surface area contributed by atoms with Crippen LogP contribution < -0.4 is 9.47 Å². The smallest absolute Gasteiger partial charge is 0.279 e. The second-order valence-corrected chi connectivity index (χ2v) is 7.27. The molecule has 0 unspecified atom stereocenters. The Morgan fingerprint density at radius 1 is 0.880 bits per heavy atom. The zero-order valence-electron chi connectivity index (χ0n) is 14.9. The largest absolute Gasteiger partial charge is 0.474 e. The van der Waals surface area contributed by atoms with Gasteiger partial charge in [-0.15, -0.1) is 0 Å². The highest BCUT2D eigenvalue weighted by Gasteiger charge is 2.31. The topological polar surface area (TPSA) is 96.3 Å². The van der Waals surface area contributed by atoms with Crippen LogP contribution in [0.5, 0.6) is 11.8 Å². The first-order chi connectivity index (χ1) is 11.6. The number of rotatable bonds is 8. The monoisotopic (exact) mass is 360 g/mol. The van der Waals surface area contributed by atoms with E-state index in [4.69, 9.17) is 14.1 Å². The van der Waals surface area contributed by atoms with Gasteiger partial charge < -0.3 is 9.47 Å². The zero-order valence-corrected chi connectivity index (χ0v) is 14.9. The summed E-state index contributed by atoms with van der Waals surface area (Å²) in [5.74, 6) is 0.291. The third-order valence-electron chi connectivity index (χ3n) is 3.58. The van der Waals surface area contributed by atoms with E-state index in [1.807, 2.05) is 34.6 Å². The third kappa shape index (κ3) is 4.86. The Kier molecular flexibility index (Phi) is 5.58. The fraction of sp³-hybridized carbons (Fsp3) is 0.733. The van der Waals surface area contributed by atoms with E-state index in [1.165, 1.54) is 0 Å². The second-order valence-electron chi connectivity index (χ2n) is 7.27. The highest BCUT2D eigenvalue weighted by molar-refractivity contribution is 5.24. The molecule has 8 nitrogen and oxygen atoms in total. The minimum atomic E-state index is -2.61. The van der Waals surface area contributed by atoms with Gasteiger partial charge in [-0.1, -0.05) is 44.9 Å². The van der Waals surface area contributed by atoms with E-state index in [2.05, 4.69) is 25.3 Å². The first kappa shape index (κ1) is 19.1. The van der Waals surface area contributed by atoms with Crippen molar-refractivity contribution < 1.29 is 27.5 Å². The summed E-state index contributed by atoms with van der Waals surface area (Å²) in [5, 5.41) is 15.0. The molecule has 0 radical (unpaired) electrons. The lowest BCUT2D eigenvalue weighted by molar-refractivity contribution is 0.0764. The average Bonchev–Trinajstić information content (AvgIpc) is 3.13. The molecule has 0 aromatic carbocycles. The molecule has 10 heteroatoms. The van der Waals surface area contributed by atoms with Crippen molar-refractivity contribution in [1.29, 1.82) is 0 Å². The van der Waals surface area contributed by atoms with E-state index in [1.54, 1.807) is 0 Å². The van der Waals surface area contributed by atoms with E-state index < -0.39 is 18.4 Å². The summed E-state index contributed by atoms with van der Waals surface area (Å²) in [5.41, 5.74) is 0.133. The van der Waals surface area contributed by atoms with Gasteiger partial charge in [0.2, 0.25) is 0 Å². The fourth-order valence-corrected chi connectivity index (χ4v) is 2.08. The van der Waals surface area contributed by atoms with Crippen molar-refractivity contribution in [3.63, 3.8) is 0 Å². The van der Waals surface area contributed by atoms with Crippen LogP contribution in [-0.4, -0.2) is 40.3 Å². The van der Waals surface area contributed by atoms with E-state index in [0.29, 0.717) is 23.7 Å². The SMILES string of the molecule is CC(C)(C)c1nonc1OCCC(C)(C)c1nonc1OCC(F)F. The molecule has 25 heavy (non-hydrogen) atoms. The molecule has 0 aliphatic rings. The highest BCUT2D eigenvalue weighted by atomic mass is 19.3. The Labute approximate surface area is 143 Å². The van der Waals surface area contributed by atoms with Crippen molar-refractivity contribution in [1.82, 2.24) is 20.6 Å². The van der Waals surface area contributed by atoms with Gasteiger partial charge in [0.05, 0.1) is 6.61 Å². The lowest BCUT2D eigenvalue weighted by Crippen LogP contribution is -2.23. The van der Waals surface area contributed by atoms with Crippen LogP contribution in [0.2, 0.25) is 0 Å². The molecule has 2 heterocycles. The standard InChI is InChI=1S/C15H22F2N4O4/c1-14(2,3)10-12(20-24-18-10)22-7-6-15(4,5)11-13(21-25-19-11)23-8-9(16)17/h9H,6-8H2,1-5H3. The Balaban J connectivity index is 1.99. The van der Waals surface area contributed by atoms with Crippen LogP contribution in [-0.2, 0) is 10.8 Å². The Bertz CT molecular complexity index is 679. The average molecular weight is 360 g/mol. The van der Waals surface area contributed by atoms with Gasteiger partial charge in [-0.05, 0) is 16.7 Å². The molecule has 0 N–H and O–H groups in total. The molecule has 0 amide bonds. The van der Waals surface area contributed by atoms with Crippen molar-refractivity contribution in [2.75, 3.05) is 13.2 Å². The molecular weight excluding hydrogens is 338 g/mol. The molecule has 2 rings (SSSR count). The van der Waals surface area contributed by atoms with Gasteiger partial charge >= 0.3 is 0 Å². The predicted octanol–water partition coefficient (Wildman–Crippen LogP) is 3.14. The summed E-state index contributed by atoms with van der Waals surface area (Å²) < 4.78 is 44.6. The molecule has 0 saturated carbocycles. The van der Waals surface area contributed by atoms with Crippen molar-refractivity contribution in [3.05, 3.63) is 11.4 Å². The van der Waals surface area contributed by atoms with Gasteiger partial charge in [-0.2, -0.15) is 0 Å². The van der Waals surface area contributed by atoms with Crippen LogP contribution in [0, 0.1) is 0 Å². The summed E-state index contributed by atoms with van der Waals surface area (Å²) in [6.45, 7) is 9.14. The molecule has 0 aliphatic heterocycles. The number of nitrogens with zero attached hydrogens (tertiary/aromatic N) is 4. The first-order valence-corrected chi connectivity index (χ1v) is 7.81. The third-order valence-corrected chi connectivity index (χ3v) is 3.58. The second kappa shape index (κ2) is 7.32. The summed E-state index contributed by atoms with van der Waals surface area (Å²) in [4.78, 5) is 0. The maximum Gasteiger partial charge on any atom is 0.279 e. The summed E-state index contributed by atoms with van der Waals surface area (Å²) in [7, 11) is 0. The number of alkyl halides is 2. The zero-order chi connectivity index (χ0) is 18.7. The first-order valence-electron chi connectivity index (χ1n) is 7.81. The van der Waals surface area contributed by atoms with Crippen molar-refractivity contribution in [2.24, 2.45) is 0 Å². The quantitative estimate of drug-likeness (QED) is 0.708. The molecular formula is C15H22F2N4O4. The number of aromatic nitrogens is 4. The fourth-order valence-electron chi connectivity index (χ4n) is 2.08. The number of halogens is 2. The van der Waals surface area contributed by atoms with Gasteiger partial charge in [0, 0.05) is 10.8 Å². The maximum atomic E-state index is 12.3. The maximum absolute atomic E-state index is 12.3. The van der Waals surface area contributed by atoms with Crippen LogP contribution in [0.15, 0.2) is 9.26 Å². The van der Waals surface area contributed by atoms with Crippen molar-refractivity contribution >= 4 is 0 Å². The minimum absolute atomic E-state index is 0.0382. The Morgan fingerprint density at radius 2 is 1.44 bits per heavy atom. The van der Waals surface area contributed by atoms with Crippen LogP contribution in [0.25, 0.3) is 0 Å². The molecule has 2 aromatic rings. The molecule has 0 fully saturated rings. The number of hydrogen-bond acceptors (Lipinski definition) is 8. The van der Waals surface area contributed by atoms with E-state index in [-0.39, 0.29) is 17.9 Å². The van der Waals surface area contributed by atoms with Gasteiger partial charge in [-0.3, -0.25) is 0 Å². The van der Waals surface area contributed by atoms with Crippen molar-refractivity contribution in [2.45, 2.75) is 58.3 Å². The molecule has 0 saturated heterocycles. The summed E-state index contributed by atoms with van der Waals surface area (Å²) in [6.07, 6.45) is -2.12. The molecule has 0 aliphatic carbocycles. The van der Waals surface area contributed by atoms with Crippen LogP contribution in [0.3, 0.4) is 0 Å². The van der Waals surface area contributed by atoms with Crippen molar-refractivity contribution in [3.8, 4) is 11.8 Å². The highest BCUT2D eigenvalue weighted by Crippen LogP contribution is 2.33. The van der Waals surface area contributed by atoms with Gasteiger partial charge in [0.25, 0.3) is 18.2 Å². The molecule has 0 atom stereocenters. The van der Waals surface area contributed by atoms with Crippen LogP contribution in [0.1, 0.15) is 52.4 Å². The summed E-state index contributed by atoms with van der Waals surface area (Å²) >= 11 is 0. The Morgan fingerprint density at radius 3 is 2.00 bits per heavy atom. The normalized spacial score (nSPS) is 12.6. The van der Waals surface area contributed by atoms with E-state index >= 15 is 0 Å². The van der Waals surface area contributed by atoms with Crippen LogP contribution in [0.4, 0.5) is 8.78 Å². The minimum Gasteiger partial charge on any atom is -0.474 e. The van der Waals surface area contributed by atoms with Gasteiger partial charge in [0.1, 0.15) is 0 Å². The lowest BCUT2D eigenvalue weighted by Gasteiger charge is -2.22. The lowest BCUT2D eigenvalue weighted by atomic mass is 9.86. The summed E-state index contributed by atoms with van der Waals surface area (Å²) in [6, 6.07) is 0. The molecule has 2 aromatic heterocycles. The number of hydrogen-bond donors (Lipinski definition) is 0. The predicted molar refractivity (Wildman–Crippen MR) is 81.9 cm³/mol. The van der Waals surface area contributed by atoms with Crippen LogP contribution >= 0.6 is 0 Å². The molecule has 0 spiro atoms. The Hall–Kier alpha value is -2.26. The number of ether oxygens (including phenoxy) is 2. The van der Waals surface area contributed by atoms with E-state index in [0.717, 1.165) is 0 Å². The van der Waals surface area contributed by atoms with Gasteiger partial charge in [-0.25, -0.2) is 18.0 Å².